The molecule has 1 fully saturated rings. The molecule has 1 aliphatic heterocycles. The van der Waals surface area contributed by atoms with Gasteiger partial charge in [0.1, 0.15) is 0 Å². The van der Waals surface area contributed by atoms with Gasteiger partial charge in [0.25, 0.3) is 11.8 Å². The Bertz CT molecular complexity index is 1700. The number of rotatable bonds is 7. The van der Waals surface area contributed by atoms with Crippen molar-refractivity contribution < 1.29 is 22.8 Å². The number of nitrogens with two attached hydrogens (primary N) is 1. The minimum Gasteiger partial charge on any atom is -0.369 e. The van der Waals surface area contributed by atoms with Gasteiger partial charge in [-0.25, -0.2) is 12.4 Å². The Morgan fingerprint density at radius 1 is 1.00 bits per heavy atom. The fraction of sp³-hybridized carbons (Fsp3) is 0.192. The van der Waals surface area contributed by atoms with Crippen LogP contribution in [0.5, 0.6) is 0 Å². The first kappa shape index (κ1) is 23.0. The quantitative estimate of drug-likeness (QED) is 0.372. The second-order valence-electron chi connectivity index (χ2n) is 9.16. The number of aromatic nitrogens is 3. The van der Waals surface area contributed by atoms with Crippen LogP contribution in [0.25, 0.3) is 22.0 Å². The van der Waals surface area contributed by atoms with E-state index >= 15 is 0 Å². The number of pyridine rings is 2. The Labute approximate surface area is 211 Å². The molecular formula is C26H21N5O5S. The molecule has 0 spiro atoms. The molecule has 11 heteroatoms. The molecular weight excluding hydrogens is 494 g/mol. The van der Waals surface area contributed by atoms with Crippen molar-refractivity contribution >= 4 is 38.6 Å². The van der Waals surface area contributed by atoms with E-state index in [0.29, 0.717) is 51.7 Å². The molecule has 6 rings (SSSR count). The average Bonchev–Trinajstić information content (AvgIpc) is 3.60. The van der Waals surface area contributed by atoms with Gasteiger partial charge in [0.2, 0.25) is 15.9 Å². The van der Waals surface area contributed by atoms with Crippen molar-refractivity contribution in [3.8, 4) is 11.1 Å². The first-order valence-electron chi connectivity index (χ1n) is 11.7. The van der Waals surface area contributed by atoms with Crippen molar-refractivity contribution in [2.75, 3.05) is 0 Å². The predicted octanol–water partition coefficient (Wildman–Crippen LogP) is 2.26. The highest BCUT2D eigenvalue weighted by molar-refractivity contribution is 7.91. The zero-order valence-electron chi connectivity index (χ0n) is 19.5. The van der Waals surface area contributed by atoms with Crippen LogP contribution in [0.15, 0.2) is 61.1 Å². The minimum atomic E-state index is -3.69. The smallest absolute Gasteiger partial charge is 0.261 e. The van der Waals surface area contributed by atoms with E-state index in [9.17, 15) is 22.8 Å². The number of amides is 3. The van der Waals surface area contributed by atoms with E-state index in [1.165, 1.54) is 10.2 Å². The van der Waals surface area contributed by atoms with E-state index in [4.69, 9.17) is 5.73 Å². The van der Waals surface area contributed by atoms with Crippen molar-refractivity contribution in [3.63, 3.8) is 0 Å². The molecule has 10 nitrogen and oxygen atoms in total. The van der Waals surface area contributed by atoms with E-state index in [0.717, 1.165) is 4.90 Å². The third-order valence-electron chi connectivity index (χ3n) is 6.65. The first-order valence-corrected chi connectivity index (χ1v) is 13.2. The van der Waals surface area contributed by atoms with Gasteiger partial charge in [0.15, 0.2) is 0 Å². The number of primary amides is 1. The maximum atomic E-state index is 13.3. The van der Waals surface area contributed by atoms with Gasteiger partial charge >= 0.3 is 0 Å². The van der Waals surface area contributed by atoms with Crippen LogP contribution < -0.4 is 5.73 Å². The molecule has 1 aliphatic carbocycles. The van der Waals surface area contributed by atoms with Gasteiger partial charge in [0.05, 0.1) is 46.2 Å². The second-order valence-corrected chi connectivity index (χ2v) is 11.2. The van der Waals surface area contributed by atoms with Crippen LogP contribution in [0, 0.1) is 0 Å². The Morgan fingerprint density at radius 2 is 1.70 bits per heavy atom. The van der Waals surface area contributed by atoms with Crippen LogP contribution in [0.1, 0.15) is 44.9 Å². The molecule has 3 aromatic heterocycles. The lowest BCUT2D eigenvalue weighted by molar-refractivity contribution is -0.117. The third kappa shape index (κ3) is 3.78. The molecule has 2 N–H and O–H groups in total. The van der Waals surface area contributed by atoms with E-state index in [1.807, 2.05) is 0 Å². The number of imide groups is 1. The maximum absolute atomic E-state index is 13.3. The van der Waals surface area contributed by atoms with Gasteiger partial charge in [-0.05, 0) is 48.7 Å². The molecule has 0 bridgehead atoms. The van der Waals surface area contributed by atoms with Crippen molar-refractivity contribution in [2.24, 2.45) is 5.73 Å². The highest BCUT2D eigenvalue weighted by Gasteiger charge is 2.39. The van der Waals surface area contributed by atoms with Gasteiger partial charge in [-0.3, -0.25) is 29.3 Å². The van der Waals surface area contributed by atoms with Crippen LogP contribution in [0.2, 0.25) is 0 Å². The van der Waals surface area contributed by atoms with Gasteiger partial charge in [-0.15, -0.1) is 0 Å². The summed E-state index contributed by atoms with van der Waals surface area (Å²) in [6.45, 7) is -0.184. The van der Waals surface area contributed by atoms with Crippen molar-refractivity contribution in [3.05, 3.63) is 83.6 Å². The summed E-state index contributed by atoms with van der Waals surface area (Å²) < 4.78 is 27.8. The Morgan fingerprint density at radius 3 is 2.35 bits per heavy atom. The van der Waals surface area contributed by atoms with Crippen LogP contribution in [0.4, 0.5) is 0 Å². The van der Waals surface area contributed by atoms with E-state index < -0.39 is 33.0 Å². The summed E-state index contributed by atoms with van der Waals surface area (Å²) in [4.78, 5) is 47.2. The van der Waals surface area contributed by atoms with Crippen LogP contribution in [-0.2, 0) is 27.8 Å². The van der Waals surface area contributed by atoms with E-state index in [1.54, 1.807) is 54.9 Å². The summed E-state index contributed by atoms with van der Waals surface area (Å²) in [6, 6.07) is 11.7. The largest absolute Gasteiger partial charge is 0.369 e. The molecule has 37 heavy (non-hydrogen) atoms. The Kier molecular flexibility index (Phi) is 5.19. The summed E-state index contributed by atoms with van der Waals surface area (Å²) in [7, 11) is -3.69. The third-order valence-corrected chi connectivity index (χ3v) is 8.82. The highest BCUT2D eigenvalue weighted by Crippen LogP contribution is 2.37. The zero-order valence-corrected chi connectivity index (χ0v) is 20.3. The topological polar surface area (TPSA) is 145 Å². The van der Waals surface area contributed by atoms with Gasteiger partial charge in [-0.1, -0.05) is 12.1 Å². The molecule has 4 aromatic rings. The number of nitrogens with zero attached hydrogens (tertiary/aromatic N) is 4. The number of fused-ring (bicyclic) bond motifs is 2. The van der Waals surface area contributed by atoms with Gasteiger partial charge < -0.3 is 5.73 Å². The molecule has 186 valence electrons. The lowest BCUT2D eigenvalue weighted by Crippen LogP contribution is -2.30. The molecule has 0 radical (unpaired) electrons. The van der Waals surface area contributed by atoms with E-state index in [-0.39, 0.29) is 18.7 Å². The number of hydrogen-bond donors (Lipinski definition) is 1. The number of carbonyl (C=O) groups is 3. The minimum absolute atomic E-state index is 0.0424. The molecule has 3 amide bonds. The Hall–Kier alpha value is -4.38. The maximum Gasteiger partial charge on any atom is 0.261 e. The van der Waals surface area contributed by atoms with Crippen LogP contribution >= 0.6 is 0 Å². The van der Waals surface area contributed by atoms with Crippen molar-refractivity contribution in [2.45, 2.75) is 31.1 Å². The second kappa shape index (κ2) is 8.34. The predicted molar refractivity (Wildman–Crippen MR) is 134 cm³/mol. The lowest BCUT2D eigenvalue weighted by Gasteiger charge is -2.17. The average molecular weight is 516 g/mol. The highest BCUT2D eigenvalue weighted by atomic mass is 32.2. The molecule has 4 heterocycles. The normalized spacial score (nSPS) is 15.4. The summed E-state index contributed by atoms with van der Waals surface area (Å²) >= 11 is 0. The van der Waals surface area contributed by atoms with Gasteiger partial charge in [0, 0.05) is 29.5 Å². The molecule has 2 aliphatic rings. The van der Waals surface area contributed by atoms with Crippen molar-refractivity contribution in [1.82, 2.24) is 18.8 Å². The van der Waals surface area contributed by atoms with E-state index in [2.05, 4.69) is 9.97 Å². The summed E-state index contributed by atoms with van der Waals surface area (Å²) in [5.74, 6) is -1.42. The monoisotopic (exact) mass is 515 g/mol. The van der Waals surface area contributed by atoms with Crippen LogP contribution in [-0.4, -0.2) is 50.2 Å². The molecule has 0 unspecified atom stereocenters. The SMILES string of the molecule is NC(=O)Cc1cc(-c2cnc(CN3C(=O)c4ccccc4C3=O)c3c2ccn3S(=O)(=O)C2CC2)ccn1. The zero-order chi connectivity index (χ0) is 25.9. The molecule has 1 saturated carbocycles. The van der Waals surface area contributed by atoms with Crippen LogP contribution in [0.3, 0.4) is 0 Å². The number of carbonyl (C=O) groups excluding carboxylic acids is 3. The standard InChI is InChI=1S/C26H21N5O5S/c27-23(32)12-16-11-15(7-9-28-16)21-13-29-22(14-30-25(33)19-3-1-2-4-20(19)26(30)34)24-18(21)8-10-31(24)37(35,36)17-5-6-17/h1-4,7-11,13,17H,5-6,12,14H2,(H2,27,32). The molecule has 0 saturated heterocycles. The molecule has 0 atom stereocenters. The molecule has 1 aromatic carbocycles. The number of benzene rings is 1. The summed E-state index contributed by atoms with van der Waals surface area (Å²) in [6.07, 6.45) is 5.71. The fourth-order valence-electron chi connectivity index (χ4n) is 4.73. The lowest BCUT2D eigenvalue weighted by atomic mass is 10.0. The summed E-state index contributed by atoms with van der Waals surface area (Å²) in [5.41, 5.74) is 8.30. The van der Waals surface area contributed by atoms with Gasteiger partial charge in [-0.2, -0.15) is 0 Å². The first-order chi connectivity index (χ1) is 17.8. The number of hydrogen-bond acceptors (Lipinski definition) is 7. The Balaban J connectivity index is 1.50. The fourth-order valence-corrected chi connectivity index (χ4v) is 6.47. The van der Waals surface area contributed by atoms with Crippen molar-refractivity contribution in [1.29, 1.82) is 0 Å². The summed E-state index contributed by atoms with van der Waals surface area (Å²) in [5, 5.41) is 0.101.